The van der Waals surface area contributed by atoms with E-state index in [-0.39, 0.29) is 10.8 Å². The number of benzene rings is 3. The van der Waals surface area contributed by atoms with E-state index in [1.54, 1.807) is 24.3 Å². The monoisotopic (exact) mass is 438 g/mol. The SMILES string of the molecule is Cc1ccc(OCCCC(=O)Nc2ccc(S(=O)(=O)Nc3ccccc3C)cc2)cc1. The van der Waals surface area contributed by atoms with Crippen LogP contribution in [-0.4, -0.2) is 20.9 Å². The van der Waals surface area contributed by atoms with E-state index < -0.39 is 10.0 Å². The van der Waals surface area contributed by atoms with E-state index in [9.17, 15) is 13.2 Å². The molecular weight excluding hydrogens is 412 g/mol. The van der Waals surface area contributed by atoms with Gasteiger partial charge in [0.15, 0.2) is 0 Å². The summed E-state index contributed by atoms with van der Waals surface area (Å²) in [5, 5.41) is 2.78. The molecule has 0 aliphatic carbocycles. The Morgan fingerprint density at radius 2 is 1.58 bits per heavy atom. The standard InChI is InChI=1S/C24H26N2O4S/c1-18-9-13-21(14-10-18)30-17-5-8-24(27)25-20-11-15-22(16-12-20)31(28,29)26-23-7-4-3-6-19(23)2/h3-4,6-7,9-16,26H,5,8,17H2,1-2H3,(H,25,27). The molecule has 0 atom stereocenters. The fraction of sp³-hybridized carbons (Fsp3) is 0.208. The molecule has 3 aromatic rings. The molecule has 0 saturated carbocycles. The van der Waals surface area contributed by atoms with Gasteiger partial charge in [-0.25, -0.2) is 8.42 Å². The van der Waals surface area contributed by atoms with Crippen molar-refractivity contribution >= 4 is 27.3 Å². The fourth-order valence-corrected chi connectivity index (χ4v) is 4.02. The lowest BCUT2D eigenvalue weighted by Crippen LogP contribution is -2.15. The number of carbonyl (C=O) groups is 1. The second-order valence-electron chi connectivity index (χ2n) is 7.26. The van der Waals surface area contributed by atoms with Crippen LogP contribution >= 0.6 is 0 Å². The Morgan fingerprint density at radius 3 is 2.26 bits per heavy atom. The van der Waals surface area contributed by atoms with Crippen LogP contribution in [0.25, 0.3) is 0 Å². The van der Waals surface area contributed by atoms with Crippen molar-refractivity contribution in [3.05, 3.63) is 83.9 Å². The van der Waals surface area contributed by atoms with E-state index in [2.05, 4.69) is 10.0 Å². The minimum atomic E-state index is -3.71. The number of amides is 1. The molecule has 1 amide bonds. The Balaban J connectivity index is 1.48. The van der Waals surface area contributed by atoms with E-state index in [0.29, 0.717) is 30.8 Å². The summed E-state index contributed by atoms with van der Waals surface area (Å²) in [4.78, 5) is 12.3. The highest BCUT2D eigenvalue weighted by atomic mass is 32.2. The predicted octanol–water partition coefficient (Wildman–Crippen LogP) is 4.90. The van der Waals surface area contributed by atoms with Crippen molar-refractivity contribution in [3.63, 3.8) is 0 Å². The van der Waals surface area contributed by atoms with Gasteiger partial charge < -0.3 is 10.1 Å². The molecule has 3 rings (SSSR count). The summed E-state index contributed by atoms with van der Waals surface area (Å²) < 4.78 is 33.4. The van der Waals surface area contributed by atoms with Crippen LogP contribution in [-0.2, 0) is 14.8 Å². The second-order valence-corrected chi connectivity index (χ2v) is 8.94. The molecule has 0 unspecified atom stereocenters. The van der Waals surface area contributed by atoms with Gasteiger partial charge in [0, 0.05) is 12.1 Å². The molecule has 6 nitrogen and oxygen atoms in total. The van der Waals surface area contributed by atoms with Crippen molar-refractivity contribution in [2.75, 3.05) is 16.6 Å². The molecule has 0 aromatic heterocycles. The number of hydrogen-bond donors (Lipinski definition) is 2. The van der Waals surface area contributed by atoms with E-state index in [1.807, 2.05) is 50.2 Å². The largest absolute Gasteiger partial charge is 0.494 e. The van der Waals surface area contributed by atoms with Crippen molar-refractivity contribution in [1.29, 1.82) is 0 Å². The molecule has 0 bridgehead atoms. The summed E-state index contributed by atoms with van der Waals surface area (Å²) in [5.41, 5.74) is 3.07. The average molecular weight is 439 g/mol. The molecule has 162 valence electrons. The van der Waals surface area contributed by atoms with Gasteiger partial charge in [-0.2, -0.15) is 0 Å². The number of ether oxygens (including phenoxy) is 1. The van der Waals surface area contributed by atoms with Crippen LogP contribution in [0.15, 0.2) is 77.7 Å². The first kappa shape index (κ1) is 22.4. The number of nitrogens with one attached hydrogen (secondary N) is 2. The number of aryl methyl sites for hydroxylation is 2. The van der Waals surface area contributed by atoms with Crippen LogP contribution in [0, 0.1) is 13.8 Å². The second kappa shape index (κ2) is 10.1. The summed E-state index contributed by atoms with van der Waals surface area (Å²) in [6.45, 7) is 4.29. The average Bonchev–Trinajstić information content (AvgIpc) is 2.74. The lowest BCUT2D eigenvalue weighted by molar-refractivity contribution is -0.116. The molecule has 2 N–H and O–H groups in total. The highest BCUT2D eigenvalue weighted by molar-refractivity contribution is 7.92. The normalized spacial score (nSPS) is 11.0. The van der Waals surface area contributed by atoms with Crippen molar-refractivity contribution < 1.29 is 17.9 Å². The van der Waals surface area contributed by atoms with Gasteiger partial charge in [0.2, 0.25) is 5.91 Å². The lowest BCUT2D eigenvalue weighted by atomic mass is 10.2. The Labute approximate surface area is 183 Å². The van der Waals surface area contributed by atoms with Crippen LogP contribution in [0.3, 0.4) is 0 Å². The van der Waals surface area contributed by atoms with Crippen molar-refractivity contribution in [2.45, 2.75) is 31.6 Å². The Morgan fingerprint density at radius 1 is 0.903 bits per heavy atom. The first-order valence-electron chi connectivity index (χ1n) is 10.0. The van der Waals surface area contributed by atoms with Crippen LogP contribution in [0.5, 0.6) is 5.75 Å². The highest BCUT2D eigenvalue weighted by Gasteiger charge is 2.15. The summed E-state index contributed by atoms with van der Waals surface area (Å²) in [5.74, 6) is 0.628. The molecule has 7 heteroatoms. The van der Waals surface area contributed by atoms with Gasteiger partial charge >= 0.3 is 0 Å². The minimum Gasteiger partial charge on any atom is -0.494 e. The van der Waals surface area contributed by atoms with Gasteiger partial charge in [0.05, 0.1) is 17.2 Å². The first-order chi connectivity index (χ1) is 14.8. The van der Waals surface area contributed by atoms with Crippen LogP contribution in [0.2, 0.25) is 0 Å². The lowest BCUT2D eigenvalue weighted by Gasteiger charge is -2.11. The summed E-state index contributed by atoms with van der Waals surface area (Å²) in [6.07, 6.45) is 0.882. The highest BCUT2D eigenvalue weighted by Crippen LogP contribution is 2.21. The zero-order chi connectivity index (χ0) is 22.3. The minimum absolute atomic E-state index is 0.125. The zero-order valence-electron chi connectivity index (χ0n) is 17.6. The molecule has 3 aromatic carbocycles. The third-order valence-electron chi connectivity index (χ3n) is 4.68. The van der Waals surface area contributed by atoms with Gasteiger partial charge in [0.1, 0.15) is 5.75 Å². The molecule has 0 aliphatic rings. The number of rotatable bonds is 9. The van der Waals surface area contributed by atoms with E-state index >= 15 is 0 Å². The van der Waals surface area contributed by atoms with Crippen molar-refractivity contribution in [3.8, 4) is 5.75 Å². The third-order valence-corrected chi connectivity index (χ3v) is 6.06. The van der Waals surface area contributed by atoms with Crippen LogP contribution in [0.1, 0.15) is 24.0 Å². The van der Waals surface area contributed by atoms with Gasteiger partial charge in [-0.15, -0.1) is 0 Å². The number of hydrogen-bond acceptors (Lipinski definition) is 4. The molecule has 0 radical (unpaired) electrons. The Bertz CT molecular complexity index is 1130. The van der Waals surface area contributed by atoms with Crippen molar-refractivity contribution in [2.24, 2.45) is 0 Å². The van der Waals surface area contributed by atoms with Gasteiger partial charge in [-0.05, 0) is 68.3 Å². The van der Waals surface area contributed by atoms with Gasteiger partial charge in [0.25, 0.3) is 10.0 Å². The smallest absolute Gasteiger partial charge is 0.261 e. The molecule has 0 fully saturated rings. The molecule has 31 heavy (non-hydrogen) atoms. The number of para-hydroxylation sites is 1. The van der Waals surface area contributed by atoms with E-state index in [0.717, 1.165) is 16.9 Å². The van der Waals surface area contributed by atoms with E-state index in [4.69, 9.17) is 4.74 Å². The molecule has 0 aliphatic heterocycles. The summed E-state index contributed by atoms with van der Waals surface area (Å²) >= 11 is 0. The topological polar surface area (TPSA) is 84.5 Å². The Kier molecular flexibility index (Phi) is 7.31. The fourth-order valence-electron chi connectivity index (χ4n) is 2.89. The maximum Gasteiger partial charge on any atom is 0.261 e. The molecular formula is C24H26N2O4S. The zero-order valence-corrected chi connectivity index (χ0v) is 18.4. The van der Waals surface area contributed by atoms with Crippen LogP contribution in [0.4, 0.5) is 11.4 Å². The molecule has 0 spiro atoms. The van der Waals surface area contributed by atoms with Gasteiger partial charge in [-0.3, -0.25) is 9.52 Å². The number of anilines is 2. The quantitative estimate of drug-likeness (QED) is 0.465. The molecule has 0 saturated heterocycles. The summed E-state index contributed by atoms with van der Waals surface area (Å²) in [7, 11) is -3.71. The van der Waals surface area contributed by atoms with E-state index in [1.165, 1.54) is 12.1 Å². The van der Waals surface area contributed by atoms with Crippen molar-refractivity contribution in [1.82, 2.24) is 0 Å². The van der Waals surface area contributed by atoms with Crippen LogP contribution < -0.4 is 14.8 Å². The first-order valence-corrected chi connectivity index (χ1v) is 11.5. The Hall–Kier alpha value is -3.32. The number of carbonyl (C=O) groups excluding carboxylic acids is 1. The maximum absolute atomic E-state index is 12.6. The third kappa shape index (κ3) is 6.58. The van der Waals surface area contributed by atoms with Gasteiger partial charge in [-0.1, -0.05) is 35.9 Å². The number of sulfonamides is 1. The molecule has 0 heterocycles. The predicted molar refractivity (Wildman–Crippen MR) is 123 cm³/mol. The maximum atomic E-state index is 12.6. The summed E-state index contributed by atoms with van der Waals surface area (Å²) in [6, 6.07) is 21.0.